The Morgan fingerprint density at radius 2 is 1.77 bits per heavy atom. The lowest BCUT2D eigenvalue weighted by Gasteiger charge is -2.31. The van der Waals surface area contributed by atoms with Gasteiger partial charge in [0.25, 0.3) is 15.9 Å². The summed E-state index contributed by atoms with van der Waals surface area (Å²) in [4.78, 5) is 14.8. The Labute approximate surface area is 178 Å². The maximum absolute atomic E-state index is 13.1. The SMILES string of the molecule is CCc1ccc(S(=O)(=O)Nc2cc(C(=O)NC(C)C)ccc2N2CCNCC2)cc1. The molecule has 0 radical (unpaired) electrons. The standard InChI is InChI=1S/C22H30N4O3S/c1-4-17-5-8-19(9-6-17)30(28,29)25-20-15-18(22(27)24-16(2)3)7-10-21(20)26-13-11-23-12-14-26/h5-10,15-16,23,25H,4,11-14H2,1-3H3,(H,24,27). The maximum Gasteiger partial charge on any atom is 0.261 e. The fourth-order valence-corrected chi connectivity index (χ4v) is 4.46. The molecular formula is C22H30N4O3S. The number of piperazine rings is 1. The molecule has 30 heavy (non-hydrogen) atoms. The third-order valence-corrected chi connectivity index (χ3v) is 6.40. The summed E-state index contributed by atoms with van der Waals surface area (Å²) in [7, 11) is -3.79. The van der Waals surface area contributed by atoms with Crippen LogP contribution in [-0.2, 0) is 16.4 Å². The lowest BCUT2D eigenvalue weighted by atomic mass is 10.1. The van der Waals surface area contributed by atoms with Gasteiger partial charge in [-0.1, -0.05) is 19.1 Å². The molecule has 0 aliphatic carbocycles. The summed E-state index contributed by atoms with van der Waals surface area (Å²) in [5.74, 6) is -0.232. The van der Waals surface area contributed by atoms with Crippen LogP contribution in [0.15, 0.2) is 47.4 Å². The number of benzene rings is 2. The highest BCUT2D eigenvalue weighted by Gasteiger charge is 2.21. The molecule has 162 valence electrons. The van der Waals surface area contributed by atoms with Crippen LogP contribution in [-0.4, -0.2) is 46.5 Å². The van der Waals surface area contributed by atoms with Crippen LogP contribution in [0.3, 0.4) is 0 Å². The number of amides is 1. The minimum absolute atomic E-state index is 0.0115. The minimum atomic E-state index is -3.79. The van der Waals surface area contributed by atoms with Gasteiger partial charge in [-0.2, -0.15) is 0 Å². The van der Waals surface area contributed by atoms with Crippen molar-refractivity contribution in [1.29, 1.82) is 0 Å². The van der Waals surface area contributed by atoms with E-state index in [2.05, 4.69) is 20.3 Å². The van der Waals surface area contributed by atoms with Gasteiger partial charge < -0.3 is 15.5 Å². The predicted molar refractivity (Wildman–Crippen MR) is 121 cm³/mol. The molecular weight excluding hydrogens is 400 g/mol. The van der Waals surface area contributed by atoms with Crippen LogP contribution in [0.1, 0.15) is 36.7 Å². The second kappa shape index (κ2) is 9.49. The van der Waals surface area contributed by atoms with Crippen LogP contribution in [0.25, 0.3) is 0 Å². The van der Waals surface area contributed by atoms with Gasteiger partial charge in [0.15, 0.2) is 0 Å². The quantitative estimate of drug-likeness (QED) is 0.628. The normalized spacial score (nSPS) is 14.6. The average Bonchev–Trinajstić information content (AvgIpc) is 2.73. The Kier molecular flexibility index (Phi) is 6.99. The van der Waals surface area contributed by atoms with Gasteiger partial charge in [0.2, 0.25) is 0 Å². The maximum atomic E-state index is 13.1. The summed E-state index contributed by atoms with van der Waals surface area (Å²) < 4.78 is 28.8. The predicted octanol–water partition coefficient (Wildman–Crippen LogP) is 2.60. The van der Waals surface area contributed by atoms with E-state index in [1.165, 1.54) is 0 Å². The lowest BCUT2D eigenvalue weighted by molar-refractivity contribution is 0.0943. The molecule has 1 saturated heterocycles. The van der Waals surface area contributed by atoms with E-state index in [-0.39, 0.29) is 16.8 Å². The zero-order valence-corrected chi connectivity index (χ0v) is 18.6. The van der Waals surface area contributed by atoms with Crippen molar-refractivity contribution < 1.29 is 13.2 Å². The van der Waals surface area contributed by atoms with Crippen molar-refractivity contribution in [2.24, 2.45) is 0 Å². The van der Waals surface area contributed by atoms with Crippen LogP contribution in [0.2, 0.25) is 0 Å². The Balaban J connectivity index is 1.96. The van der Waals surface area contributed by atoms with Crippen LogP contribution < -0.4 is 20.3 Å². The molecule has 3 rings (SSSR count). The summed E-state index contributed by atoms with van der Waals surface area (Å²) in [6, 6.07) is 12.0. The van der Waals surface area contributed by atoms with Gasteiger partial charge in [0.1, 0.15) is 0 Å². The van der Waals surface area contributed by atoms with E-state index in [4.69, 9.17) is 0 Å². The number of sulfonamides is 1. The highest BCUT2D eigenvalue weighted by Crippen LogP contribution is 2.30. The van der Waals surface area contributed by atoms with Gasteiger partial charge in [-0.25, -0.2) is 8.42 Å². The fourth-order valence-electron chi connectivity index (χ4n) is 3.39. The number of rotatable bonds is 7. The number of hydrogen-bond acceptors (Lipinski definition) is 5. The Bertz CT molecular complexity index is 982. The number of anilines is 2. The van der Waals surface area contributed by atoms with Crippen molar-refractivity contribution in [1.82, 2.24) is 10.6 Å². The first-order valence-electron chi connectivity index (χ1n) is 10.3. The van der Waals surface area contributed by atoms with E-state index in [9.17, 15) is 13.2 Å². The third kappa shape index (κ3) is 5.31. The van der Waals surface area contributed by atoms with Gasteiger partial charge in [-0.15, -0.1) is 0 Å². The molecule has 1 amide bonds. The number of nitrogens with zero attached hydrogens (tertiary/aromatic N) is 1. The molecule has 1 fully saturated rings. The molecule has 0 bridgehead atoms. The fraction of sp³-hybridized carbons (Fsp3) is 0.409. The van der Waals surface area contributed by atoms with Gasteiger partial charge >= 0.3 is 0 Å². The van der Waals surface area contributed by atoms with E-state index in [0.717, 1.165) is 43.9 Å². The summed E-state index contributed by atoms with van der Waals surface area (Å²) in [6.07, 6.45) is 0.841. The van der Waals surface area contributed by atoms with Crippen molar-refractivity contribution in [3.63, 3.8) is 0 Å². The molecule has 0 unspecified atom stereocenters. The zero-order chi connectivity index (χ0) is 21.7. The van der Waals surface area contributed by atoms with E-state index < -0.39 is 10.0 Å². The van der Waals surface area contributed by atoms with E-state index >= 15 is 0 Å². The molecule has 0 saturated carbocycles. The second-order valence-corrected chi connectivity index (χ2v) is 9.38. The highest BCUT2D eigenvalue weighted by molar-refractivity contribution is 7.92. The number of hydrogen-bond donors (Lipinski definition) is 3. The average molecular weight is 431 g/mol. The van der Waals surface area contributed by atoms with Crippen LogP contribution in [0.4, 0.5) is 11.4 Å². The number of nitrogens with one attached hydrogen (secondary N) is 3. The van der Waals surface area contributed by atoms with Crippen LogP contribution in [0.5, 0.6) is 0 Å². The Morgan fingerprint density at radius 3 is 2.37 bits per heavy atom. The molecule has 1 aliphatic heterocycles. The molecule has 3 N–H and O–H groups in total. The van der Waals surface area contributed by atoms with Crippen molar-refractivity contribution in [2.75, 3.05) is 35.8 Å². The monoisotopic (exact) mass is 430 g/mol. The Morgan fingerprint density at radius 1 is 1.10 bits per heavy atom. The van der Waals surface area contributed by atoms with Crippen molar-refractivity contribution in [3.05, 3.63) is 53.6 Å². The molecule has 7 nitrogen and oxygen atoms in total. The molecule has 2 aromatic rings. The number of carbonyl (C=O) groups is 1. The number of carbonyl (C=O) groups excluding carboxylic acids is 1. The lowest BCUT2D eigenvalue weighted by Crippen LogP contribution is -2.43. The third-order valence-electron chi connectivity index (χ3n) is 5.02. The Hall–Kier alpha value is -2.58. The van der Waals surface area contributed by atoms with Gasteiger partial charge in [-0.05, 0) is 56.2 Å². The molecule has 8 heteroatoms. The first kappa shape index (κ1) is 22.1. The largest absolute Gasteiger partial charge is 0.367 e. The molecule has 1 heterocycles. The topological polar surface area (TPSA) is 90.5 Å². The van der Waals surface area contributed by atoms with E-state index in [1.807, 2.05) is 39.0 Å². The zero-order valence-electron chi connectivity index (χ0n) is 17.7. The van der Waals surface area contributed by atoms with Crippen LogP contribution in [0, 0.1) is 0 Å². The highest BCUT2D eigenvalue weighted by atomic mass is 32.2. The number of aryl methyl sites for hydroxylation is 1. The van der Waals surface area contributed by atoms with Gasteiger partial charge in [0, 0.05) is 37.8 Å². The molecule has 0 atom stereocenters. The molecule has 0 spiro atoms. The summed E-state index contributed by atoms with van der Waals surface area (Å²) in [5, 5.41) is 6.15. The summed E-state index contributed by atoms with van der Waals surface area (Å²) in [5.41, 5.74) is 2.67. The van der Waals surface area contributed by atoms with E-state index in [1.54, 1.807) is 24.3 Å². The van der Waals surface area contributed by atoms with E-state index in [0.29, 0.717) is 11.3 Å². The van der Waals surface area contributed by atoms with Gasteiger partial charge in [0.05, 0.1) is 16.3 Å². The first-order valence-corrected chi connectivity index (χ1v) is 11.8. The molecule has 1 aliphatic rings. The summed E-state index contributed by atoms with van der Waals surface area (Å²) >= 11 is 0. The summed E-state index contributed by atoms with van der Waals surface area (Å²) in [6.45, 7) is 8.96. The first-order chi connectivity index (χ1) is 14.3. The van der Waals surface area contributed by atoms with Crippen molar-refractivity contribution in [3.8, 4) is 0 Å². The smallest absolute Gasteiger partial charge is 0.261 e. The van der Waals surface area contributed by atoms with Gasteiger partial charge in [-0.3, -0.25) is 9.52 Å². The second-order valence-electron chi connectivity index (χ2n) is 7.70. The van der Waals surface area contributed by atoms with Crippen molar-refractivity contribution >= 4 is 27.3 Å². The molecule has 2 aromatic carbocycles. The van der Waals surface area contributed by atoms with Crippen LogP contribution >= 0.6 is 0 Å². The minimum Gasteiger partial charge on any atom is -0.367 e. The molecule has 0 aromatic heterocycles. The van der Waals surface area contributed by atoms with Crippen molar-refractivity contribution in [2.45, 2.75) is 38.1 Å².